The Hall–Kier alpha value is -1.47. The van der Waals surface area contributed by atoms with Crippen LogP contribution in [0.25, 0.3) is 0 Å². The van der Waals surface area contributed by atoms with Crippen molar-refractivity contribution < 1.29 is 13.2 Å². The average Bonchev–Trinajstić information content (AvgIpc) is 3.21. The van der Waals surface area contributed by atoms with Gasteiger partial charge in [0.2, 0.25) is 15.9 Å². The molecular formula is C19H29N3O3S. The average molecular weight is 380 g/mol. The molecule has 3 rings (SSSR count). The molecule has 1 aromatic rings. The van der Waals surface area contributed by atoms with Crippen LogP contribution in [-0.4, -0.2) is 60.4 Å². The zero-order chi connectivity index (χ0) is 18.6. The molecule has 0 unspecified atom stereocenters. The highest BCUT2D eigenvalue weighted by Crippen LogP contribution is 2.29. The molecule has 26 heavy (non-hydrogen) atoms. The molecule has 1 atom stereocenters. The lowest BCUT2D eigenvalue weighted by Gasteiger charge is -2.35. The molecule has 2 heterocycles. The zero-order valence-corrected chi connectivity index (χ0v) is 16.3. The van der Waals surface area contributed by atoms with E-state index in [1.54, 1.807) is 18.1 Å². The third-order valence-corrected chi connectivity index (χ3v) is 7.94. The maximum Gasteiger partial charge on any atom is 0.225 e. The minimum Gasteiger partial charge on any atom is -0.341 e. The number of aromatic nitrogens is 1. The van der Waals surface area contributed by atoms with Crippen LogP contribution in [0.5, 0.6) is 0 Å². The Morgan fingerprint density at radius 1 is 1.23 bits per heavy atom. The smallest absolute Gasteiger partial charge is 0.225 e. The molecule has 6 nitrogen and oxygen atoms in total. The van der Waals surface area contributed by atoms with Gasteiger partial charge >= 0.3 is 0 Å². The molecule has 1 aromatic heterocycles. The second kappa shape index (κ2) is 8.48. The van der Waals surface area contributed by atoms with Crippen molar-refractivity contribution in [2.24, 2.45) is 5.92 Å². The van der Waals surface area contributed by atoms with Crippen molar-refractivity contribution >= 4 is 15.9 Å². The lowest BCUT2D eigenvalue weighted by atomic mass is 10.0. The van der Waals surface area contributed by atoms with Gasteiger partial charge < -0.3 is 4.90 Å². The van der Waals surface area contributed by atoms with E-state index in [1.807, 2.05) is 18.2 Å². The van der Waals surface area contributed by atoms with Gasteiger partial charge in [-0.3, -0.25) is 9.78 Å². The summed E-state index contributed by atoms with van der Waals surface area (Å²) >= 11 is 0. The van der Waals surface area contributed by atoms with Crippen LogP contribution in [0.3, 0.4) is 0 Å². The second-order valence-corrected chi connectivity index (χ2v) is 9.79. The summed E-state index contributed by atoms with van der Waals surface area (Å²) in [6.07, 6.45) is 7.84. The predicted octanol–water partition coefficient (Wildman–Crippen LogP) is 2.07. The van der Waals surface area contributed by atoms with E-state index in [4.69, 9.17) is 0 Å². The van der Waals surface area contributed by atoms with Crippen LogP contribution < -0.4 is 0 Å². The number of pyridine rings is 1. The molecule has 2 fully saturated rings. The third-order valence-electron chi connectivity index (χ3n) is 5.66. The number of hydrogen-bond donors (Lipinski definition) is 0. The first-order valence-electron chi connectivity index (χ1n) is 9.62. The summed E-state index contributed by atoms with van der Waals surface area (Å²) < 4.78 is 27.4. The number of carbonyl (C=O) groups excluding carboxylic acids is 1. The molecule has 1 amide bonds. The van der Waals surface area contributed by atoms with Crippen LogP contribution in [-0.2, 0) is 21.2 Å². The minimum atomic E-state index is -3.41. The van der Waals surface area contributed by atoms with Gasteiger partial charge in [0.05, 0.1) is 5.25 Å². The van der Waals surface area contributed by atoms with Crippen LogP contribution in [0.4, 0.5) is 0 Å². The molecule has 1 saturated heterocycles. The van der Waals surface area contributed by atoms with E-state index in [2.05, 4.69) is 4.98 Å². The Labute approximate surface area is 156 Å². The van der Waals surface area contributed by atoms with E-state index < -0.39 is 15.3 Å². The lowest BCUT2D eigenvalue weighted by Crippen LogP contribution is -2.50. The van der Waals surface area contributed by atoms with Gasteiger partial charge in [-0.25, -0.2) is 12.7 Å². The number of nitrogens with zero attached hydrogens (tertiary/aromatic N) is 3. The summed E-state index contributed by atoms with van der Waals surface area (Å²) in [7, 11) is -1.78. The van der Waals surface area contributed by atoms with E-state index in [9.17, 15) is 13.2 Å². The van der Waals surface area contributed by atoms with Crippen molar-refractivity contribution in [3.05, 3.63) is 30.1 Å². The van der Waals surface area contributed by atoms with Gasteiger partial charge in [0.25, 0.3) is 0 Å². The summed E-state index contributed by atoms with van der Waals surface area (Å²) in [5, 5.41) is -0.490. The fourth-order valence-corrected chi connectivity index (χ4v) is 5.70. The quantitative estimate of drug-likeness (QED) is 0.759. The van der Waals surface area contributed by atoms with Gasteiger partial charge in [0, 0.05) is 50.9 Å². The highest BCUT2D eigenvalue weighted by atomic mass is 32.2. The maximum atomic E-state index is 13.0. The second-order valence-electron chi connectivity index (χ2n) is 7.47. The predicted molar refractivity (Wildman–Crippen MR) is 101 cm³/mol. The van der Waals surface area contributed by atoms with Gasteiger partial charge in [-0.2, -0.15) is 0 Å². The largest absolute Gasteiger partial charge is 0.341 e. The van der Waals surface area contributed by atoms with Crippen LogP contribution in [0.2, 0.25) is 0 Å². The fraction of sp³-hybridized carbons (Fsp3) is 0.684. The molecule has 1 aliphatic heterocycles. The first-order chi connectivity index (χ1) is 12.5. The molecule has 0 spiro atoms. The molecule has 144 valence electrons. The molecule has 0 N–H and O–H groups in total. The normalized spacial score (nSPS) is 22.1. The number of rotatable bonds is 6. The van der Waals surface area contributed by atoms with Gasteiger partial charge in [0.15, 0.2) is 0 Å². The monoisotopic (exact) mass is 379 g/mol. The highest BCUT2D eigenvalue weighted by Gasteiger charge is 2.37. The van der Waals surface area contributed by atoms with Crippen molar-refractivity contribution in [3.63, 3.8) is 0 Å². The number of piperidine rings is 1. The fourth-order valence-electron chi connectivity index (χ4n) is 4.01. The molecule has 1 saturated carbocycles. The van der Waals surface area contributed by atoms with Gasteiger partial charge in [-0.1, -0.05) is 18.9 Å². The van der Waals surface area contributed by atoms with Crippen molar-refractivity contribution in [3.8, 4) is 0 Å². The van der Waals surface area contributed by atoms with Gasteiger partial charge in [-0.05, 0) is 37.8 Å². The SMILES string of the molecule is CN(CCc1ccccn1)S(=O)(=O)[C@H]1CCCN(C(=O)C2CCCC2)C1. The van der Waals surface area contributed by atoms with Crippen LogP contribution in [0.1, 0.15) is 44.2 Å². The zero-order valence-electron chi connectivity index (χ0n) is 15.5. The molecule has 0 radical (unpaired) electrons. The van der Waals surface area contributed by atoms with Crippen LogP contribution in [0, 0.1) is 5.92 Å². The summed E-state index contributed by atoms with van der Waals surface area (Å²) in [4.78, 5) is 18.7. The van der Waals surface area contributed by atoms with E-state index in [0.29, 0.717) is 32.5 Å². The van der Waals surface area contributed by atoms with Crippen molar-refractivity contribution in [2.45, 2.75) is 50.2 Å². The number of sulfonamides is 1. The number of likely N-dealkylation sites (N-methyl/N-ethyl adjacent to an activating group) is 1. The van der Waals surface area contributed by atoms with E-state index >= 15 is 0 Å². The minimum absolute atomic E-state index is 0.110. The third kappa shape index (κ3) is 4.43. The Bertz CT molecular complexity index is 702. The van der Waals surface area contributed by atoms with Crippen molar-refractivity contribution in [1.82, 2.24) is 14.2 Å². The molecule has 1 aliphatic carbocycles. The summed E-state index contributed by atoms with van der Waals surface area (Å²) in [6.45, 7) is 1.44. The molecule has 0 bridgehead atoms. The van der Waals surface area contributed by atoms with Gasteiger partial charge in [0.1, 0.15) is 0 Å². The Kier molecular flexibility index (Phi) is 6.29. The number of hydrogen-bond acceptors (Lipinski definition) is 4. The molecule has 0 aromatic carbocycles. The first kappa shape index (κ1) is 19.3. The molecular weight excluding hydrogens is 350 g/mol. The standard InChI is InChI=1S/C19H29N3O3S/c1-21(14-11-17-9-4-5-12-20-17)26(24,25)18-10-6-13-22(15-18)19(23)16-7-2-3-8-16/h4-5,9,12,16,18H,2-3,6-8,10-11,13-15H2,1H3/t18-/m0/s1. The van der Waals surface area contributed by atoms with Crippen LogP contribution >= 0.6 is 0 Å². The van der Waals surface area contributed by atoms with E-state index in [-0.39, 0.29) is 11.8 Å². The maximum absolute atomic E-state index is 13.0. The van der Waals surface area contributed by atoms with E-state index in [0.717, 1.165) is 37.8 Å². The van der Waals surface area contributed by atoms with Crippen LogP contribution in [0.15, 0.2) is 24.4 Å². The van der Waals surface area contributed by atoms with Gasteiger partial charge in [-0.15, -0.1) is 0 Å². The van der Waals surface area contributed by atoms with Crippen molar-refractivity contribution in [1.29, 1.82) is 0 Å². The molecule has 2 aliphatic rings. The number of amides is 1. The number of likely N-dealkylation sites (tertiary alicyclic amines) is 1. The summed E-state index contributed by atoms with van der Waals surface area (Å²) in [5.41, 5.74) is 0.885. The lowest BCUT2D eigenvalue weighted by molar-refractivity contribution is -0.136. The summed E-state index contributed by atoms with van der Waals surface area (Å²) in [5.74, 6) is 0.275. The topological polar surface area (TPSA) is 70.6 Å². The highest BCUT2D eigenvalue weighted by molar-refractivity contribution is 7.89. The number of carbonyl (C=O) groups is 1. The Morgan fingerprint density at radius 3 is 2.69 bits per heavy atom. The molecule has 7 heteroatoms. The Balaban J connectivity index is 1.59. The summed E-state index contributed by atoms with van der Waals surface area (Å²) in [6, 6.07) is 5.66. The Morgan fingerprint density at radius 2 is 2.00 bits per heavy atom. The van der Waals surface area contributed by atoms with Crippen molar-refractivity contribution in [2.75, 3.05) is 26.7 Å². The first-order valence-corrected chi connectivity index (χ1v) is 11.1. The van der Waals surface area contributed by atoms with E-state index in [1.165, 1.54) is 4.31 Å².